The van der Waals surface area contributed by atoms with Crippen LogP contribution in [-0.4, -0.2) is 51.0 Å². The van der Waals surface area contributed by atoms with Gasteiger partial charge in [0.25, 0.3) is 0 Å². The smallest absolute Gasteiger partial charge is 0.224 e. The highest BCUT2D eigenvalue weighted by molar-refractivity contribution is 5.92. The molecule has 0 spiro atoms. The van der Waals surface area contributed by atoms with E-state index in [-0.39, 0.29) is 23.7 Å². The third-order valence-electron chi connectivity index (χ3n) is 3.95. The first-order chi connectivity index (χ1) is 11.0. The van der Waals surface area contributed by atoms with Crippen LogP contribution in [0.1, 0.15) is 12.0 Å². The van der Waals surface area contributed by atoms with Crippen LogP contribution in [0, 0.1) is 11.8 Å². The predicted molar refractivity (Wildman–Crippen MR) is 88.0 cm³/mol. The van der Waals surface area contributed by atoms with Crippen molar-refractivity contribution >= 4 is 11.8 Å². The Balaban J connectivity index is 1.69. The molecule has 0 aliphatic heterocycles. The zero-order valence-corrected chi connectivity index (χ0v) is 14.0. The Hall–Kier alpha value is -2.08. The molecule has 0 saturated heterocycles. The van der Waals surface area contributed by atoms with Crippen molar-refractivity contribution in [1.29, 1.82) is 0 Å². The lowest BCUT2D eigenvalue weighted by molar-refractivity contribution is -0.127. The highest BCUT2D eigenvalue weighted by Gasteiger charge is 2.47. The molecule has 6 heteroatoms. The predicted octanol–water partition coefficient (Wildman–Crippen LogP) is 0.625. The number of hydrogen-bond donors (Lipinski definition) is 2. The fraction of sp³-hybridized carbons (Fsp3) is 0.529. The Labute approximate surface area is 137 Å². The van der Waals surface area contributed by atoms with E-state index in [1.54, 1.807) is 7.11 Å². The summed E-state index contributed by atoms with van der Waals surface area (Å²) in [5.74, 6) is 0.363. The number of ether oxygens (including phenoxy) is 1. The van der Waals surface area contributed by atoms with E-state index in [0.29, 0.717) is 19.5 Å². The van der Waals surface area contributed by atoms with Crippen molar-refractivity contribution in [1.82, 2.24) is 15.5 Å². The van der Waals surface area contributed by atoms with Gasteiger partial charge in [-0.25, -0.2) is 0 Å². The number of carbonyl (C=O) groups excluding carboxylic acids is 2. The number of nitrogens with one attached hydrogen (secondary N) is 2. The van der Waals surface area contributed by atoms with Gasteiger partial charge in [0.05, 0.1) is 18.9 Å². The van der Waals surface area contributed by atoms with Crippen LogP contribution in [0.3, 0.4) is 0 Å². The second-order valence-electron chi connectivity index (χ2n) is 6.11. The van der Waals surface area contributed by atoms with E-state index >= 15 is 0 Å². The first-order valence-corrected chi connectivity index (χ1v) is 7.84. The topological polar surface area (TPSA) is 70.7 Å². The van der Waals surface area contributed by atoms with E-state index in [0.717, 1.165) is 17.9 Å². The summed E-state index contributed by atoms with van der Waals surface area (Å²) in [4.78, 5) is 26.0. The second kappa shape index (κ2) is 7.97. The summed E-state index contributed by atoms with van der Waals surface area (Å²) < 4.78 is 5.10. The highest BCUT2D eigenvalue weighted by atomic mass is 16.5. The molecule has 1 saturated carbocycles. The molecular formula is C17H25N3O3. The molecule has 2 amide bonds. The van der Waals surface area contributed by atoms with Crippen molar-refractivity contribution in [3.63, 3.8) is 0 Å². The van der Waals surface area contributed by atoms with Crippen molar-refractivity contribution in [3.8, 4) is 5.75 Å². The summed E-state index contributed by atoms with van der Waals surface area (Å²) in [6.07, 6.45) is 0.641. The number of rotatable bonds is 8. The van der Waals surface area contributed by atoms with E-state index in [9.17, 15) is 9.59 Å². The first-order valence-electron chi connectivity index (χ1n) is 7.84. The van der Waals surface area contributed by atoms with Crippen LogP contribution in [-0.2, 0) is 16.1 Å². The van der Waals surface area contributed by atoms with E-state index in [4.69, 9.17) is 4.74 Å². The molecular weight excluding hydrogens is 294 g/mol. The molecule has 1 aromatic carbocycles. The molecule has 1 fully saturated rings. The maximum absolute atomic E-state index is 12.1. The van der Waals surface area contributed by atoms with Crippen LogP contribution in [0.25, 0.3) is 0 Å². The molecule has 2 atom stereocenters. The zero-order chi connectivity index (χ0) is 16.8. The van der Waals surface area contributed by atoms with Crippen molar-refractivity contribution in [3.05, 3.63) is 29.8 Å². The molecule has 1 aliphatic rings. The van der Waals surface area contributed by atoms with Gasteiger partial charge in [0, 0.05) is 19.6 Å². The summed E-state index contributed by atoms with van der Waals surface area (Å²) in [6, 6.07) is 7.55. The van der Waals surface area contributed by atoms with Crippen molar-refractivity contribution < 1.29 is 14.3 Å². The molecule has 0 bridgehead atoms. The number of likely N-dealkylation sites (N-methyl/N-ethyl adjacent to an activating group) is 1. The fourth-order valence-electron chi connectivity index (χ4n) is 2.37. The lowest BCUT2D eigenvalue weighted by atomic mass is 10.2. The van der Waals surface area contributed by atoms with Crippen LogP contribution in [0.2, 0.25) is 0 Å². The van der Waals surface area contributed by atoms with Crippen LogP contribution < -0.4 is 15.4 Å². The fourth-order valence-corrected chi connectivity index (χ4v) is 2.37. The number of amides is 2. The SMILES string of the molecule is COc1ccc(CNC(=O)C2CC2C(=O)NCCN(C)C)cc1. The molecule has 0 aromatic heterocycles. The van der Waals surface area contributed by atoms with Crippen LogP contribution in [0.5, 0.6) is 5.75 Å². The number of nitrogens with zero attached hydrogens (tertiary/aromatic N) is 1. The van der Waals surface area contributed by atoms with Crippen molar-refractivity contribution in [2.24, 2.45) is 11.8 Å². The van der Waals surface area contributed by atoms with Crippen LogP contribution in [0.15, 0.2) is 24.3 Å². The van der Waals surface area contributed by atoms with E-state index in [2.05, 4.69) is 10.6 Å². The third kappa shape index (κ3) is 5.25. The molecule has 2 rings (SSSR count). The van der Waals surface area contributed by atoms with Gasteiger partial charge in [0.2, 0.25) is 11.8 Å². The zero-order valence-electron chi connectivity index (χ0n) is 14.0. The number of benzene rings is 1. The van der Waals surface area contributed by atoms with Gasteiger partial charge >= 0.3 is 0 Å². The van der Waals surface area contributed by atoms with Gasteiger partial charge < -0.3 is 20.3 Å². The summed E-state index contributed by atoms with van der Waals surface area (Å²) in [7, 11) is 5.53. The Morgan fingerprint density at radius 1 is 1.13 bits per heavy atom. The van der Waals surface area contributed by atoms with Gasteiger partial charge in [-0.05, 0) is 38.2 Å². The maximum atomic E-state index is 12.1. The van der Waals surface area contributed by atoms with Gasteiger partial charge in [0.15, 0.2) is 0 Å². The summed E-state index contributed by atoms with van der Waals surface area (Å²) in [5.41, 5.74) is 1.01. The summed E-state index contributed by atoms with van der Waals surface area (Å²) >= 11 is 0. The molecule has 2 unspecified atom stereocenters. The minimum absolute atomic E-state index is 0.0172. The molecule has 1 aromatic rings. The number of methoxy groups -OCH3 is 1. The minimum atomic E-state index is -0.187. The Morgan fingerprint density at radius 2 is 1.74 bits per heavy atom. The lowest BCUT2D eigenvalue weighted by Crippen LogP contribution is -2.34. The van der Waals surface area contributed by atoms with Crippen LogP contribution >= 0.6 is 0 Å². The normalized spacial score (nSPS) is 19.3. The monoisotopic (exact) mass is 319 g/mol. The van der Waals surface area contributed by atoms with Gasteiger partial charge in [-0.2, -0.15) is 0 Å². The van der Waals surface area contributed by atoms with Gasteiger partial charge in [-0.1, -0.05) is 12.1 Å². The Bertz CT molecular complexity index is 543. The largest absolute Gasteiger partial charge is 0.497 e. The highest BCUT2D eigenvalue weighted by Crippen LogP contribution is 2.38. The molecule has 1 aliphatic carbocycles. The maximum Gasteiger partial charge on any atom is 0.224 e. The molecule has 23 heavy (non-hydrogen) atoms. The first kappa shape index (κ1) is 17.3. The van der Waals surface area contributed by atoms with Crippen LogP contribution in [0.4, 0.5) is 0 Å². The van der Waals surface area contributed by atoms with Gasteiger partial charge in [-0.15, -0.1) is 0 Å². The average molecular weight is 319 g/mol. The van der Waals surface area contributed by atoms with E-state index < -0.39 is 0 Å². The molecule has 0 radical (unpaired) electrons. The minimum Gasteiger partial charge on any atom is -0.497 e. The molecule has 0 heterocycles. The van der Waals surface area contributed by atoms with Gasteiger partial charge in [-0.3, -0.25) is 9.59 Å². The molecule has 126 valence electrons. The van der Waals surface area contributed by atoms with Gasteiger partial charge in [0.1, 0.15) is 5.75 Å². The Kier molecular flexibility index (Phi) is 5.98. The quantitative estimate of drug-likeness (QED) is 0.737. The number of carbonyl (C=O) groups is 2. The standard InChI is InChI=1S/C17H25N3O3/c1-20(2)9-8-18-16(21)14-10-15(14)17(22)19-11-12-4-6-13(23-3)7-5-12/h4-7,14-15H,8-11H2,1-3H3,(H,18,21)(H,19,22). The van der Waals surface area contributed by atoms with Crippen molar-refractivity contribution in [2.75, 3.05) is 34.3 Å². The Morgan fingerprint density at radius 3 is 2.30 bits per heavy atom. The third-order valence-corrected chi connectivity index (χ3v) is 3.95. The lowest BCUT2D eigenvalue weighted by Gasteiger charge is -2.10. The van der Waals surface area contributed by atoms with Crippen molar-refractivity contribution in [2.45, 2.75) is 13.0 Å². The van der Waals surface area contributed by atoms with E-state index in [1.165, 1.54) is 0 Å². The molecule has 2 N–H and O–H groups in total. The molecule has 6 nitrogen and oxygen atoms in total. The summed E-state index contributed by atoms with van der Waals surface area (Å²) in [5, 5.41) is 5.76. The number of hydrogen-bond acceptors (Lipinski definition) is 4. The second-order valence-corrected chi connectivity index (χ2v) is 6.11. The summed E-state index contributed by atoms with van der Waals surface area (Å²) in [6.45, 7) is 1.88. The average Bonchev–Trinajstić information content (AvgIpc) is 3.33. The van der Waals surface area contributed by atoms with E-state index in [1.807, 2.05) is 43.3 Å².